The van der Waals surface area contributed by atoms with Crippen molar-refractivity contribution in [3.8, 4) is 5.75 Å². The third kappa shape index (κ3) is 10.6. The third-order valence-corrected chi connectivity index (χ3v) is 3.18. The van der Waals surface area contributed by atoms with Crippen molar-refractivity contribution in [1.82, 2.24) is 10.2 Å². The van der Waals surface area contributed by atoms with Crippen molar-refractivity contribution in [2.24, 2.45) is 4.99 Å². The quantitative estimate of drug-likeness (QED) is 0.277. The van der Waals surface area contributed by atoms with Gasteiger partial charge in [0.05, 0.1) is 6.54 Å². The van der Waals surface area contributed by atoms with Crippen LogP contribution in [0.5, 0.6) is 5.75 Å². The molecule has 24 heavy (non-hydrogen) atoms. The number of para-hydroxylation sites is 1. The van der Waals surface area contributed by atoms with Gasteiger partial charge in [-0.25, -0.2) is 0 Å². The minimum absolute atomic E-state index is 0. The monoisotopic (exact) mass is 459 g/mol. The van der Waals surface area contributed by atoms with Crippen LogP contribution in [-0.4, -0.2) is 50.8 Å². The Balaban J connectivity index is 0.00000529. The van der Waals surface area contributed by atoms with Crippen molar-refractivity contribution >= 4 is 29.9 Å². The van der Waals surface area contributed by atoms with Gasteiger partial charge in [-0.3, -0.25) is 4.99 Å². The summed E-state index contributed by atoms with van der Waals surface area (Å²) in [6.07, 6.45) is -4.25. The molecule has 0 aromatic heterocycles. The van der Waals surface area contributed by atoms with Gasteiger partial charge in [-0.05, 0) is 25.0 Å². The highest BCUT2D eigenvalue weighted by atomic mass is 127. The van der Waals surface area contributed by atoms with Gasteiger partial charge >= 0.3 is 6.18 Å². The van der Waals surface area contributed by atoms with E-state index < -0.39 is 12.6 Å². The molecule has 0 aliphatic rings. The van der Waals surface area contributed by atoms with Gasteiger partial charge in [-0.15, -0.1) is 24.0 Å². The van der Waals surface area contributed by atoms with Gasteiger partial charge < -0.3 is 15.0 Å². The summed E-state index contributed by atoms with van der Waals surface area (Å²) in [5.41, 5.74) is 0. The number of unbranched alkanes of at least 4 members (excludes halogenated alkanes) is 1. The van der Waals surface area contributed by atoms with E-state index in [-0.39, 0.29) is 30.4 Å². The zero-order chi connectivity index (χ0) is 17.1. The number of likely N-dealkylation sites (N-methyl/N-ethyl adjacent to an activating group) is 1. The lowest BCUT2D eigenvalue weighted by Gasteiger charge is -2.22. The Morgan fingerprint density at radius 2 is 1.88 bits per heavy atom. The Morgan fingerprint density at radius 1 is 1.21 bits per heavy atom. The molecule has 0 spiro atoms. The largest absolute Gasteiger partial charge is 0.492 e. The van der Waals surface area contributed by atoms with Gasteiger partial charge in [0.15, 0.2) is 5.96 Å². The van der Waals surface area contributed by atoms with Crippen LogP contribution in [0.1, 0.15) is 19.3 Å². The van der Waals surface area contributed by atoms with Crippen molar-refractivity contribution in [2.45, 2.75) is 25.4 Å². The van der Waals surface area contributed by atoms with E-state index in [9.17, 15) is 13.2 Å². The molecule has 1 rings (SSSR count). The molecule has 0 aliphatic heterocycles. The second kappa shape index (κ2) is 12.2. The molecule has 0 heterocycles. The number of nitrogens with zero attached hydrogens (tertiary/aromatic N) is 2. The van der Waals surface area contributed by atoms with E-state index in [4.69, 9.17) is 4.74 Å². The highest BCUT2D eigenvalue weighted by Crippen LogP contribution is 2.21. The van der Waals surface area contributed by atoms with Crippen molar-refractivity contribution in [3.05, 3.63) is 30.3 Å². The number of rotatable bonds is 8. The highest BCUT2D eigenvalue weighted by molar-refractivity contribution is 14.0. The van der Waals surface area contributed by atoms with Crippen molar-refractivity contribution in [1.29, 1.82) is 0 Å². The van der Waals surface area contributed by atoms with Crippen LogP contribution in [0.15, 0.2) is 35.3 Å². The van der Waals surface area contributed by atoms with E-state index in [1.807, 2.05) is 42.3 Å². The summed E-state index contributed by atoms with van der Waals surface area (Å²) in [4.78, 5) is 6.00. The van der Waals surface area contributed by atoms with E-state index in [0.29, 0.717) is 32.1 Å². The van der Waals surface area contributed by atoms with Crippen molar-refractivity contribution in [2.75, 3.05) is 33.8 Å². The fraction of sp³-hybridized carbons (Fsp3) is 0.562. The third-order valence-electron chi connectivity index (χ3n) is 3.18. The predicted molar refractivity (Wildman–Crippen MR) is 101 cm³/mol. The lowest BCUT2D eigenvalue weighted by Crippen LogP contribution is -2.41. The van der Waals surface area contributed by atoms with E-state index in [2.05, 4.69) is 10.3 Å². The van der Waals surface area contributed by atoms with E-state index in [0.717, 1.165) is 5.75 Å². The highest BCUT2D eigenvalue weighted by Gasteiger charge is 2.25. The molecule has 0 saturated heterocycles. The fourth-order valence-corrected chi connectivity index (χ4v) is 1.96. The first-order valence-corrected chi connectivity index (χ1v) is 7.59. The van der Waals surface area contributed by atoms with Crippen LogP contribution in [0.25, 0.3) is 0 Å². The molecule has 138 valence electrons. The van der Waals surface area contributed by atoms with Crippen LogP contribution in [0.2, 0.25) is 0 Å². The van der Waals surface area contributed by atoms with Gasteiger partial charge in [-0.2, -0.15) is 13.2 Å². The zero-order valence-electron chi connectivity index (χ0n) is 14.0. The maximum atomic E-state index is 12.0. The van der Waals surface area contributed by atoms with E-state index in [1.54, 1.807) is 7.05 Å². The number of hydrogen-bond acceptors (Lipinski definition) is 2. The average molecular weight is 459 g/mol. The molecule has 0 fully saturated rings. The normalized spacial score (nSPS) is 11.6. The maximum absolute atomic E-state index is 12.0. The molecular formula is C16H25F3IN3O. The summed E-state index contributed by atoms with van der Waals surface area (Å²) < 4.78 is 41.7. The standard InChI is InChI=1S/C16H24F3N3O.HI/c1-20-15(21-11-7-6-10-16(17,18)19)22(2)12-13-23-14-8-4-3-5-9-14;/h3-5,8-9H,6-7,10-13H2,1-2H3,(H,20,21);1H. The van der Waals surface area contributed by atoms with E-state index >= 15 is 0 Å². The second-order valence-corrected chi connectivity index (χ2v) is 5.13. The molecule has 0 saturated carbocycles. The number of halogens is 4. The van der Waals surface area contributed by atoms with Gasteiger partial charge in [-0.1, -0.05) is 18.2 Å². The predicted octanol–water partition coefficient (Wildman–Crippen LogP) is 3.92. The first-order valence-electron chi connectivity index (χ1n) is 7.59. The first kappa shape index (κ1) is 22.8. The summed E-state index contributed by atoms with van der Waals surface area (Å²) in [7, 11) is 3.51. The number of alkyl halides is 3. The topological polar surface area (TPSA) is 36.9 Å². The smallest absolute Gasteiger partial charge is 0.389 e. The van der Waals surface area contributed by atoms with Gasteiger partial charge in [0.2, 0.25) is 0 Å². The van der Waals surface area contributed by atoms with E-state index in [1.165, 1.54) is 0 Å². The zero-order valence-corrected chi connectivity index (χ0v) is 16.3. The Labute approximate surface area is 158 Å². The van der Waals surface area contributed by atoms with Crippen LogP contribution in [-0.2, 0) is 0 Å². The summed E-state index contributed by atoms with van der Waals surface area (Å²) in [5.74, 6) is 1.45. The van der Waals surface area contributed by atoms with Crippen LogP contribution in [0.4, 0.5) is 13.2 Å². The van der Waals surface area contributed by atoms with Crippen LogP contribution >= 0.6 is 24.0 Å². The second-order valence-electron chi connectivity index (χ2n) is 5.13. The van der Waals surface area contributed by atoms with Crippen LogP contribution in [0.3, 0.4) is 0 Å². The summed E-state index contributed by atoms with van der Waals surface area (Å²) in [6, 6.07) is 9.49. The Kier molecular flexibility index (Phi) is 11.6. The van der Waals surface area contributed by atoms with Crippen molar-refractivity contribution < 1.29 is 17.9 Å². The number of benzene rings is 1. The molecule has 0 aliphatic carbocycles. The Bertz CT molecular complexity index is 469. The Hall–Kier alpha value is -1.19. The van der Waals surface area contributed by atoms with Crippen LogP contribution in [0, 0.1) is 0 Å². The SMILES string of the molecule is CN=C(NCCCCC(F)(F)F)N(C)CCOc1ccccc1.I. The number of ether oxygens (including phenoxy) is 1. The molecule has 1 aromatic carbocycles. The molecule has 1 aromatic rings. The molecule has 0 amide bonds. The molecule has 4 nitrogen and oxygen atoms in total. The molecule has 8 heteroatoms. The molecule has 1 N–H and O–H groups in total. The lowest BCUT2D eigenvalue weighted by molar-refractivity contribution is -0.135. The molecule has 0 radical (unpaired) electrons. The maximum Gasteiger partial charge on any atom is 0.389 e. The minimum Gasteiger partial charge on any atom is -0.492 e. The van der Waals surface area contributed by atoms with Gasteiger partial charge in [0.25, 0.3) is 0 Å². The molecule has 0 bridgehead atoms. The average Bonchev–Trinajstić information content (AvgIpc) is 2.50. The van der Waals surface area contributed by atoms with Crippen LogP contribution < -0.4 is 10.1 Å². The summed E-state index contributed by atoms with van der Waals surface area (Å²) >= 11 is 0. The fourth-order valence-electron chi connectivity index (χ4n) is 1.96. The van der Waals surface area contributed by atoms with Crippen molar-refractivity contribution in [3.63, 3.8) is 0 Å². The summed E-state index contributed by atoms with van der Waals surface area (Å²) in [5, 5.41) is 3.06. The summed E-state index contributed by atoms with van der Waals surface area (Å²) in [6.45, 7) is 1.58. The molecular weight excluding hydrogens is 434 g/mol. The first-order chi connectivity index (χ1) is 10.9. The van der Waals surface area contributed by atoms with Gasteiger partial charge in [0.1, 0.15) is 12.4 Å². The molecule has 0 atom stereocenters. The minimum atomic E-state index is -4.08. The number of guanidine groups is 1. The lowest BCUT2D eigenvalue weighted by atomic mass is 10.2. The van der Waals surface area contributed by atoms with Gasteiger partial charge in [0, 0.05) is 27.1 Å². The number of aliphatic imine (C=N–C) groups is 1. The Morgan fingerprint density at radius 3 is 2.46 bits per heavy atom. The number of hydrogen-bond donors (Lipinski definition) is 1. The number of nitrogens with one attached hydrogen (secondary N) is 1. The molecule has 0 unspecified atom stereocenters.